The van der Waals surface area contributed by atoms with E-state index in [4.69, 9.17) is 4.74 Å². The van der Waals surface area contributed by atoms with Crippen LogP contribution in [0, 0.1) is 0 Å². The molecule has 5 rings (SSSR count). The number of benzene rings is 3. The number of carboxylic acid groups (broad SMARTS) is 1. The maximum absolute atomic E-state index is 13.7. The molecule has 0 bridgehead atoms. The standard InChI is InChI=1S/C31H34N4O5S/c36-30(37)27(35-41(38,39)29(23-8-3-1-4-9-23)24-10-5-2-6-11-24)21-22-13-16-28-25(20-22)14-15-26(40-28)12-7-17-32-31-33-18-19-34-31/h1-6,8-11,13,16,18-20,26-27,29,35H,7,12,14-15,17,21H2,(H,36,37)(H2,32,33,34). The highest BCUT2D eigenvalue weighted by Crippen LogP contribution is 2.32. The number of nitrogens with one attached hydrogen (secondary N) is 3. The van der Waals surface area contributed by atoms with Crippen molar-refractivity contribution < 1.29 is 23.1 Å². The minimum atomic E-state index is -4.11. The number of carboxylic acids is 1. The summed E-state index contributed by atoms with van der Waals surface area (Å²) in [4.78, 5) is 19.4. The maximum Gasteiger partial charge on any atom is 0.322 e. The zero-order valence-electron chi connectivity index (χ0n) is 22.6. The van der Waals surface area contributed by atoms with E-state index in [-0.39, 0.29) is 12.5 Å². The highest BCUT2D eigenvalue weighted by molar-refractivity contribution is 7.90. The molecule has 0 aliphatic carbocycles. The van der Waals surface area contributed by atoms with Gasteiger partial charge in [0.2, 0.25) is 10.0 Å². The molecule has 0 fully saturated rings. The van der Waals surface area contributed by atoms with E-state index in [0.29, 0.717) is 11.1 Å². The summed E-state index contributed by atoms with van der Waals surface area (Å²) in [6, 6.07) is 21.9. The maximum atomic E-state index is 13.7. The minimum absolute atomic E-state index is 0.0139. The molecular formula is C31H34N4O5S. The molecule has 1 aliphatic heterocycles. The number of hydrogen-bond acceptors (Lipinski definition) is 6. The largest absolute Gasteiger partial charge is 0.490 e. The second-order valence-electron chi connectivity index (χ2n) is 10.2. The Morgan fingerprint density at radius 1 is 1.05 bits per heavy atom. The lowest BCUT2D eigenvalue weighted by molar-refractivity contribution is -0.138. The predicted octanol–water partition coefficient (Wildman–Crippen LogP) is 4.70. The first kappa shape index (κ1) is 28.4. The lowest BCUT2D eigenvalue weighted by Gasteiger charge is -2.27. The number of rotatable bonds is 13. The molecule has 2 atom stereocenters. The van der Waals surface area contributed by atoms with Crippen LogP contribution in [0.3, 0.4) is 0 Å². The molecule has 4 aromatic rings. The summed E-state index contributed by atoms with van der Waals surface area (Å²) in [5.74, 6) is 0.320. The normalized spacial score (nSPS) is 15.6. The molecule has 214 valence electrons. The Hall–Kier alpha value is -4.15. The van der Waals surface area contributed by atoms with Gasteiger partial charge in [0.05, 0.1) is 6.10 Å². The van der Waals surface area contributed by atoms with Gasteiger partial charge in [-0.25, -0.2) is 13.4 Å². The molecule has 41 heavy (non-hydrogen) atoms. The summed E-state index contributed by atoms with van der Waals surface area (Å²) >= 11 is 0. The highest BCUT2D eigenvalue weighted by Gasteiger charge is 2.33. The van der Waals surface area contributed by atoms with Gasteiger partial charge in [-0.3, -0.25) is 4.79 Å². The molecule has 0 spiro atoms. The number of anilines is 1. The van der Waals surface area contributed by atoms with Crippen molar-refractivity contribution in [2.24, 2.45) is 0 Å². The topological polar surface area (TPSA) is 133 Å². The predicted molar refractivity (Wildman–Crippen MR) is 157 cm³/mol. The van der Waals surface area contributed by atoms with Gasteiger partial charge < -0.3 is 20.1 Å². The van der Waals surface area contributed by atoms with Crippen LogP contribution < -0.4 is 14.8 Å². The van der Waals surface area contributed by atoms with Gasteiger partial charge in [0, 0.05) is 18.9 Å². The van der Waals surface area contributed by atoms with Crippen LogP contribution in [0.5, 0.6) is 5.75 Å². The van der Waals surface area contributed by atoms with E-state index in [1.54, 1.807) is 60.9 Å². The number of aryl methyl sites for hydroxylation is 1. The third-order valence-electron chi connectivity index (χ3n) is 7.21. The van der Waals surface area contributed by atoms with Gasteiger partial charge >= 0.3 is 5.97 Å². The first-order valence-electron chi connectivity index (χ1n) is 13.7. The Morgan fingerprint density at radius 2 is 1.76 bits per heavy atom. The lowest BCUT2D eigenvalue weighted by Crippen LogP contribution is -2.44. The van der Waals surface area contributed by atoms with Crippen molar-refractivity contribution in [2.75, 3.05) is 11.9 Å². The third kappa shape index (κ3) is 7.33. The van der Waals surface area contributed by atoms with E-state index in [1.165, 1.54) is 0 Å². The van der Waals surface area contributed by atoms with Crippen molar-refractivity contribution >= 4 is 21.9 Å². The molecule has 0 radical (unpaired) electrons. The number of imidazole rings is 1. The lowest BCUT2D eigenvalue weighted by atomic mass is 9.96. The molecule has 0 amide bonds. The average molecular weight is 575 g/mol. The zero-order valence-corrected chi connectivity index (χ0v) is 23.4. The number of carbonyl (C=O) groups is 1. The van der Waals surface area contributed by atoms with E-state index < -0.39 is 27.3 Å². The third-order valence-corrected chi connectivity index (χ3v) is 8.99. The number of hydrogen-bond donors (Lipinski definition) is 4. The summed E-state index contributed by atoms with van der Waals surface area (Å²) < 4.78 is 36.1. The molecule has 0 saturated carbocycles. The first-order valence-corrected chi connectivity index (χ1v) is 15.3. The molecule has 1 aliphatic rings. The van der Waals surface area contributed by atoms with Crippen molar-refractivity contribution in [1.82, 2.24) is 14.7 Å². The van der Waals surface area contributed by atoms with Crippen molar-refractivity contribution in [1.29, 1.82) is 0 Å². The van der Waals surface area contributed by atoms with Crippen molar-refractivity contribution in [2.45, 2.75) is 49.5 Å². The summed E-state index contributed by atoms with van der Waals surface area (Å²) in [6.07, 6.45) is 7.12. The van der Waals surface area contributed by atoms with Gasteiger partial charge in [0.15, 0.2) is 5.95 Å². The second kappa shape index (κ2) is 13.0. The number of sulfonamides is 1. The molecular weight excluding hydrogens is 540 g/mol. The molecule has 2 unspecified atom stereocenters. The average Bonchev–Trinajstić information content (AvgIpc) is 3.50. The quantitative estimate of drug-likeness (QED) is 0.170. The monoisotopic (exact) mass is 574 g/mol. The fourth-order valence-corrected chi connectivity index (χ4v) is 6.96. The van der Waals surface area contributed by atoms with Crippen LogP contribution in [0.1, 0.15) is 46.8 Å². The second-order valence-corrected chi connectivity index (χ2v) is 12.0. The van der Waals surface area contributed by atoms with Crippen LogP contribution in [0.2, 0.25) is 0 Å². The summed E-state index contributed by atoms with van der Waals surface area (Å²) in [7, 11) is -4.11. The smallest absolute Gasteiger partial charge is 0.322 e. The molecule has 3 aromatic carbocycles. The number of aliphatic carboxylic acids is 1. The Morgan fingerprint density at radius 3 is 2.39 bits per heavy atom. The molecule has 2 heterocycles. The molecule has 0 saturated heterocycles. The van der Waals surface area contributed by atoms with Crippen LogP contribution in [0.25, 0.3) is 0 Å². The van der Waals surface area contributed by atoms with Gasteiger partial charge in [0.25, 0.3) is 0 Å². The van der Waals surface area contributed by atoms with Gasteiger partial charge in [-0.1, -0.05) is 72.8 Å². The van der Waals surface area contributed by atoms with Crippen LogP contribution >= 0.6 is 0 Å². The van der Waals surface area contributed by atoms with E-state index in [9.17, 15) is 18.3 Å². The zero-order chi connectivity index (χ0) is 28.7. The number of aromatic amines is 1. The minimum Gasteiger partial charge on any atom is -0.490 e. The van der Waals surface area contributed by atoms with E-state index >= 15 is 0 Å². The van der Waals surface area contributed by atoms with E-state index in [2.05, 4.69) is 20.0 Å². The van der Waals surface area contributed by atoms with Crippen LogP contribution in [-0.4, -0.2) is 48.2 Å². The van der Waals surface area contributed by atoms with Gasteiger partial charge in [0.1, 0.15) is 17.0 Å². The van der Waals surface area contributed by atoms with Crippen molar-refractivity contribution in [3.05, 3.63) is 114 Å². The van der Waals surface area contributed by atoms with Crippen LogP contribution in [-0.2, 0) is 27.7 Å². The SMILES string of the molecule is O=C(O)C(Cc1ccc2c(c1)CCC(CCCNc1ncc[nH]1)O2)NS(=O)(=O)C(c1ccccc1)c1ccccc1. The highest BCUT2D eigenvalue weighted by atomic mass is 32.2. The summed E-state index contributed by atoms with van der Waals surface area (Å²) in [5, 5.41) is 12.2. The summed E-state index contributed by atoms with van der Waals surface area (Å²) in [6.45, 7) is 0.793. The molecule has 4 N–H and O–H groups in total. The number of nitrogens with zero attached hydrogens (tertiary/aromatic N) is 1. The van der Waals surface area contributed by atoms with E-state index in [1.807, 2.05) is 30.3 Å². The van der Waals surface area contributed by atoms with E-state index in [0.717, 1.165) is 55.1 Å². The summed E-state index contributed by atoms with van der Waals surface area (Å²) in [5.41, 5.74) is 2.87. The Balaban J connectivity index is 1.24. The first-order chi connectivity index (χ1) is 19.9. The van der Waals surface area contributed by atoms with Crippen LogP contribution in [0.15, 0.2) is 91.3 Å². The Bertz CT molecular complexity index is 1490. The Kier molecular flexibility index (Phi) is 9.01. The molecule has 10 heteroatoms. The number of H-pyrrole nitrogens is 1. The number of aromatic nitrogens is 2. The molecule has 1 aromatic heterocycles. The van der Waals surface area contributed by atoms with Gasteiger partial charge in [-0.15, -0.1) is 0 Å². The van der Waals surface area contributed by atoms with Crippen molar-refractivity contribution in [3.8, 4) is 5.75 Å². The Labute approximate surface area is 240 Å². The van der Waals surface area contributed by atoms with Gasteiger partial charge in [-0.2, -0.15) is 4.72 Å². The fraction of sp³-hybridized carbons (Fsp3) is 0.290. The van der Waals surface area contributed by atoms with Gasteiger partial charge in [-0.05, 0) is 60.4 Å². The van der Waals surface area contributed by atoms with Crippen molar-refractivity contribution in [3.63, 3.8) is 0 Å². The molecule has 9 nitrogen and oxygen atoms in total. The fourth-order valence-electron chi connectivity index (χ4n) is 5.21. The number of ether oxygens (including phenoxy) is 1. The van der Waals surface area contributed by atoms with Crippen LogP contribution in [0.4, 0.5) is 5.95 Å². The number of fused-ring (bicyclic) bond motifs is 1.